The van der Waals surface area contributed by atoms with Crippen LogP contribution in [0.25, 0.3) is 0 Å². The first-order valence-corrected chi connectivity index (χ1v) is 8.41. The van der Waals surface area contributed by atoms with E-state index < -0.39 is 0 Å². The number of likely N-dealkylation sites (tertiary alicyclic amines) is 1. The van der Waals surface area contributed by atoms with Crippen LogP contribution >= 0.6 is 11.8 Å². The van der Waals surface area contributed by atoms with Crippen molar-refractivity contribution >= 4 is 11.8 Å². The average Bonchev–Trinajstić information content (AvgIpc) is 2.76. The van der Waals surface area contributed by atoms with E-state index in [1.807, 2.05) is 0 Å². The summed E-state index contributed by atoms with van der Waals surface area (Å²) >= 11 is 2.16. The van der Waals surface area contributed by atoms with Crippen LogP contribution in [0.4, 0.5) is 0 Å². The highest BCUT2D eigenvalue weighted by atomic mass is 32.2. The van der Waals surface area contributed by atoms with Gasteiger partial charge in [-0.1, -0.05) is 19.8 Å². The number of nitrogens with zero attached hydrogens (tertiary/aromatic N) is 1. The number of hydrogen-bond donors (Lipinski definition) is 1. The molecule has 3 atom stereocenters. The van der Waals surface area contributed by atoms with Gasteiger partial charge in [-0.3, -0.25) is 0 Å². The third-order valence-corrected chi connectivity index (χ3v) is 5.70. The van der Waals surface area contributed by atoms with E-state index in [-0.39, 0.29) is 0 Å². The minimum absolute atomic E-state index is 0.787. The largest absolute Gasteiger partial charge is 0.311 e. The topological polar surface area (TPSA) is 15.3 Å². The fraction of sp³-hybridized carbons (Fsp3) is 1.00. The summed E-state index contributed by atoms with van der Waals surface area (Å²) in [6.07, 6.45) is 8.46. The standard InChI is InChI=1S/C14H28N2S/c1-3-17-14-9-6-8-13(14)15-11-12-7-4-5-10-16(12)2/h12-15H,3-11H2,1-2H3. The Balaban J connectivity index is 1.73. The van der Waals surface area contributed by atoms with Gasteiger partial charge in [-0.2, -0.15) is 11.8 Å². The van der Waals surface area contributed by atoms with Crippen molar-refractivity contribution in [2.45, 2.75) is 62.8 Å². The lowest BCUT2D eigenvalue weighted by Gasteiger charge is -2.34. The molecule has 1 heterocycles. The molecule has 0 amide bonds. The third kappa shape index (κ3) is 3.87. The summed E-state index contributed by atoms with van der Waals surface area (Å²) in [5, 5.41) is 4.74. The lowest BCUT2D eigenvalue weighted by Crippen LogP contribution is -2.47. The summed E-state index contributed by atoms with van der Waals surface area (Å²) in [4.78, 5) is 2.55. The van der Waals surface area contributed by atoms with E-state index in [1.165, 1.54) is 57.4 Å². The SMILES string of the molecule is CCSC1CCCC1NCC1CCCCN1C. The Morgan fingerprint density at radius 2 is 2.06 bits per heavy atom. The molecule has 2 aliphatic rings. The van der Waals surface area contributed by atoms with Crippen molar-refractivity contribution in [3.05, 3.63) is 0 Å². The monoisotopic (exact) mass is 256 g/mol. The van der Waals surface area contributed by atoms with Gasteiger partial charge < -0.3 is 10.2 Å². The van der Waals surface area contributed by atoms with Crippen molar-refractivity contribution in [3.8, 4) is 0 Å². The number of thioether (sulfide) groups is 1. The zero-order valence-corrected chi connectivity index (χ0v) is 12.3. The van der Waals surface area contributed by atoms with Gasteiger partial charge in [0.15, 0.2) is 0 Å². The molecule has 1 saturated heterocycles. The van der Waals surface area contributed by atoms with Crippen molar-refractivity contribution in [1.29, 1.82) is 0 Å². The van der Waals surface area contributed by atoms with Gasteiger partial charge in [0.05, 0.1) is 0 Å². The van der Waals surface area contributed by atoms with Crippen LogP contribution in [0, 0.1) is 0 Å². The number of piperidine rings is 1. The molecule has 0 bridgehead atoms. The summed E-state index contributed by atoms with van der Waals surface area (Å²) in [5.41, 5.74) is 0. The number of hydrogen-bond acceptors (Lipinski definition) is 3. The highest BCUT2D eigenvalue weighted by Gasteiger charge is 2.28. The van der Waals surface area contributed by atoms with Gasteiger partial charge in [0.2, 0.25) is 0 Å². The Kier molecular flexibility index (Phi) is 5.64. The number of rotatable bonds is 5. The van der Waals surface area contributed by atoms with E-state index in [9.17, 15) is 0 Å². The molecule has 1 aliphatic carbocycles. The van der Waals surface area contributed by atoms with Crippen LogP contribution in [0.5, 0.6) is 0 Å². The molecule has 1 saturated carbocycles. The Morgan fingerprint density at radius 3 is 2.82 bits per heavy atom. The van der Waals surface area contributed by atoms with E-state index in [0.29, 0.717) is 0 Å². The van der Waals surface area contributed by atoms with E-state index in [1.54, 1.807) is 0 Å². The van der Waals surface area contributed by atoms with Gasteiger partial charge in [0.1, 0.15) is 0 Å². The number of nitrogens with one attached hydrogen (secondary N) is 1. The molecule has 3 unspecified atom stereocenters. The summed E-state index contributed by atoms with van der Waals surface area (Å²) in [6, 6.07) is 1.58. The van der Waals surface area contributed by atoms with E-state index in [4.69, 9.17) is 0 Å². The first-order valence-electron chi connectivity index (χ1n) is 7.36. The van der Waals surface area contributed by atoms with Crippen LogP contribution in [0.3, 0.4) is 0 Å². The molecule has 2 fully saturated rings. The molecule has 3 heteroatoms. The molecular formula is C14H28N2S. The van der Waals surface area contributed by atoms with E-state index in [0.717, 1.165) is 17.3 Å². The van der Waals surface area contributed by atoms with Crippen molar-refractivity contribution in [1.82, 2.24) is 10.2 Å². The molecule has 17 heavy (non-hydrogen) atoms. The van der Waals surface area contributed by atoms with Gasteiger partial charge in [-0.25, -0.2) is 0 Å². The van der Waals surface area contributed by atoms with Crippen LogP contribution in [0.15, 0.2) is 0 Å². The van der Waals surface area contributed by atoms with Gasteiger partial charge >= 0.3 is 0 Å². The predicted octanol–water partition coefficient (Wildman–Crippen LogP) is 2.73. The Labute approximate surface area is 111 Å². The summed E-state index contributed by atoms with van der Waals surface area (Å²) < 4.78 is 0. The molecule has 1 aliphatic heterocycles. The molecule has 100 valence electrons. The first-order chi connectivity index (χ1) is 8.31. The predicted molar refractivity (Wildman–Crippen MR) is 77.8 cm³/mol. The van der Waals surface area contributed by atoms with Crippen molar-refractivity contribution in [2.24, 2.45) is 0 Å². The lowest BCUT2D eigenvalue weighted by atomic mass is 10.0. The van der Waals surface area contributed by atoms with Crippen LogP contribution in [-0.4, -0.2) is 48.1 Å². The molecule has 0 aromatic rings. The van der Waals surface area contributed by atoms with Gasteiger partial charge in [-0.05, 0) is 45.0 Å². The second-order valence-electron chi connectivity index (χ2n) is 5.57. The normalized spacial score (nSPS) is 35.3. The van der Waals surface area contributed by atoms with Crippen LogP contribution < -0.4 is 5.32 Å². The van der Waals surface area contributed by atoms with Crippen molar-refractivity contribution in [3.63, 3.8) is 0 Å². The lowest BCUT2D eigenvalue weighted by molar-refractivity contribution is 0.178. The quantitative estimate of drug-likeness (QED) is 0.814. The molecule has 2 nitrogen and oxygen atoms in total. The van der Waals surface area contributed by atoms with Gasteiger partial charge in [0, 0.05) is 23.9 Å². The van der Waals surface area contributed by atoms with Crippen LogP contribution in [0.2, 0.25) is 0 Å². The minimum Gasteiger partial charge on any atom is -0.311 e. The fourth-order valence-electron chi connectivity index (χ4n) is 3.26. The number of likely N-dealkylation sites (N-methyl/N-ethyl adjacent to an activating group) is 1. The zero-order valence-electron chi connectivity index (χ0n) is 11.5. The summed E-state index contributed by atoms with van der Waals surface area (Å²) in [7, 11) is 2.29. The average molecular weight is 256 g/mol. The van der Waals surface area contributed by atoms with E-state index >= 15 is 0 Å². The van der Waals surface area contributed by atoms with E-state index in [2.05, 4.69) is 35.9 Å². The molecular weight excluding hydrogens is 228 g/mol. The fourth-order valence-corrected chi connectivity index (χ4v) is 4.49. The zero-order chi connectivity index (χ0) is 12.1. The second kappa shape index (κ2) is 7.01. The van der Waals surface area contributed by atoms with Gasteiger partial charge in [-0.15, -0.1) is 0 Å². The summed E-state index contributed by atoms with van der Waals surface area (Å²) in [6.45, 7) is 4.79. The smallest absolute Gasteiger partial charge is 0.0217 e. The highest BCUT2D eigenvalue weighted by Crippen LogP contribution is 2.30. The second-order valence-corrected chi connectivity index (χ2v) is 7.09. The first kappa shape index (κ1) is 13.7. The maximum absolute atomic E-state index is 3.85. The molecule has 0 radical (unpaired) electrons. The highest BCUT2D eigenvalue weighted by molar-refractivity contribution is 7.99. The summed E-state index contributed by atoms with van der Waals surface area (Å²) in [5.74, 6) is 1.27. The molecule has 2 rings (SSSR count). The Bertz CT molecular complexity index is 222. The van der Waals surface area contributed by atoms with Crippen molar-refractivity contribution in [2.75, 3.05) is 25.9 Å². The molecule has 0 spiro atoms. The van der Waals surface area contributed by atoms with Crippen molar-refractivity contribution < 1.29 is 0 Å². The van der Waals surface area contributed by atoms with Crippen LogP contribution in [0.1, 0.15) is 45.4 Å². The maximum atomic E-state index is 3.85. The molecule has 0 aromatic heterocycles. The third-order valence-electron chi connectivity index (χ3n) is 4.37. The minimum atomic E-state index is 0.787. The Hall–Kier alpha value is 0.270. The maximum Gasteiger partial charge on any atom is 0.0217 e. The Morgan fingerprint density at radius 1 is 1.18 bits per heavy atom. The van der Waals surface area contributed by atoms with Gasteiger partial charge in [0.25, 0.3) is 0 Å². The van der Waals surface area contributed by atoms with Crippen LogP contribution in [-0.2, 0) is 0 Å². The molecule has 0 aromatic carbocycles. The molecule has 1 N–H and O–H groups in total.